The van der Waals surface area contributed by atoms with Crippen LogP contribution in [0.5, 0.6) is 0 Å². The first-order valence-corrected chi connectivity index (χ1v) is 6.89. The van der Waals surface area contributed by atoms with E-state index in [1.807, 2.05) is 12.1 Å². The van der Waals surface area contributed by atoms with Crippen molar-refractivity contribution >= 4 is 11.4 Å². The van der Waals surface area contributed by atoms with Crippen LogP contribution in [-0.2, 0) is 6.42 Å². The number of aryl methyl sites for hydroxylation is 2. The van der Waals surface area contributed by atoms with Crippen molar-refractivity contribution in [1.29, 1.82) is 0 Å². The van der Waals surface area contributed by atoms with E-state index in [0.29, 0.717) is 0 Å². The fraction of sp³-hybridized carbons (Fsp3) is 0.294. The Labute approximate surface area is 115 Å². The second kappa shape index (κ2) is 6.83. The summed E-state index contributed by atoms with van der Waals surface area (Å²) in [6, 6.07) is 16.6. The molecule has 0 radical (unpaired) electrons. The van der Waals surface area contributed by atoms with Gasteiger partial charge >= 0.3 is 0 Å². The molecule has 2 aromatic carbocycles. The lowest BCUT2D eigenvalue weighted by Gasteiger charge is -2.09. The number of para-hydroxylation sites is 1. The van der Waals surface area contributed by atoms with Crippen LogP contribution in [0, 0.1) is 6.92 Å². The molecule has 0 bridgehead atoms. The third-order valence-corrected chi connectivity index (χ3v) is 3.33. The summed E-state index contributed by atoms with van der Waals surface area (Å²) in [5.74, 6) is 0. The van der Waals surface area contributed by atoms with E-state index < -0.39 is 0 Å². The van der Waals surface area contributed by atoms with E-state index in [-0.39, 0.29) is 0 Å². The van der Waals surface area contributed by atoms with E-state index >= 15 is 0 Å². The Hall–Kier alpha value is -1.96. The van der Waals surface area contributed by atoms with Crippen LogP contribution in [0.2, 0.25) is 0 Å². The van der Waals surface area contributed by atoms with E-state index in [4.69, 9.17) is 5.73 Å². The van der Waals surface area contributed by atoms with Gasteiger partial charge in [-0.3, -0.25) is 0 Å². The van der Waals surface area contributed by atoms with Crippen molar-refractivity contribution < 1.29 is 0 Å². The Morgan fingerprint density at radius 3 is 2.42 bits per heavy atom. The summed E-state index contributed by atoms with van der Waals surface area (Å²) < 4.78 is 0. The summed E-state index contributed by atoms with van der Waals surface area (Å²) in [6.07, 6.45) is 3.50. The van der Waals surface area contributed by atoms with Crippen molar-refractivity contribution in [3.8, 4) is 0 Å². The summed E-state index contributed by atoms with van der Waals surface area (Å²) in [5, 5.41) is 3.49. The highest BCUT2D eigenvalue weighted by Gasteiger charge is 1.96. The number of nitrogens with two attached hydrogens (primary N) is 1. The first-order valence-electron chi connectivity index (χ1n) is 6.89. The van der Waals surface area contributed by atoms with Crippen molar-refractivity contribution in [2.45, 2.75) is 26.2 Å². The minimum Gasteiger partial charge on any atom is -0.399 e. The van der Waals surface area contributed by atoms with Crippen molar-refractivity contribution in [1.82, 2.24) is 0 Å². The maximum Gasteiger partial charge on any atom is 0.0369 e. The summed E-state index contributed by atoms with van der Waals surface area (Å²) in [5.41, 5.74) is 10.4. The molecule has 0 amide bonds. The van der Waals surface area contributed by atoms with E-state index in [1.165, 1.54) is 29.7 Å². The molecule has 0 atom stereocenters. The van der Waals surface area contributed by atoms with Gasteiger partial charge in [0.2, 0.25) is 0 Å². The average Bonchev–Trinajstić information content (AvgIpc) is 2.42. The van der Waals surface area contributed by atoms with Crippen LogP contribution in [0.3, 0.4) is 0 Å². The highest BCUT2D eigenvalue weighted by atomic mass is 14.9. The van der Waals surface area contributed by atoms with E-state index in [2.05, 4.69) is 48.6 Å². The van der Waals surface area contributed by atoms with Gasteiger partial charge in [0, 0.05) is 17.9 Å². The predicted octanol–water partition coefficient (Wildman–Crippen LogP) is 4.01. The summed E-state index contributed by atoms with van der Waals surface area (Å²) >= 11 is 0. The molecule has 100 valence electrons. The molecule has 0 fully saturated rings. The largest absolute Gasteiger partial charge is 0.399 e. The van der Waals surface area contributed by atoms with Crippen LogP contribution < -0.4 is 11.1 Å². The molecule has 0 aromatic heterocycles. The lowest BCUT2D eigenvalue weighted by atomic mass is 10.1. The maximum absolute atomic E-state index is 5.67. The Bertz CT molecular complexity index is 503. The Morgan fingerprint density at radius 1 is 0.947 bits per heavy atom. The quantitative estimate of drug-likeness (QED) is 0.603. The van der Waals surface area contributed by atoms with Gasteiger partial charge in [-0.2, -0.15) is 0 Å². The van der Waals surface area contributed by atoms with Gasteiger partial charge in [-0.1, -0.05) is 30.3 Å². The average molecular weight is 254 g/mol. The number of anilines is 2. The molecule has 2 aromatic rings. The SMILES string of the molecule is Cc1ccccc1NCCCCc1ccc(N)cc1. The molecule has 0 aliphatic heterocycles. The standard InChI is InChI=1S/C17H22N2/c1-14-6-2-3-8-17(14)19-13-5-4-7-15-9-11-16(18)12-10-15/h2-3,6,8-12,19H,4-5,7,13,18H2,1H3. The number of nitrogens with one attached hydrogen (secondary N) is 1. The second-order valence-electron chi connectivity index (χ2n) is 4.94. The molecule has 3 N–H and O–H groups in total. The summed E-state index contributed by atoms with van der Waals surface area (Å²) in [6.45, 7) is 3.16. The minimum absolute atomic E-state index is 0.838. The van der Waals surface area contributed by atoms with Crippen LogP contribution in [0.15, 0.2) is 48.5 Å². The molecule has 2 rings (SSSR count). The zero-order chi connectivity index (χ0) is 13.5. The number of nitrogen functional groups attached to an aromatic ring is 1. The number of unbranched alkanes of at least 4 members (excludes halogenated alkanes) is 1. The Kier molecular flexibility index (Phi) is 4.85. The third-order valence-electron chi connectivity index (χ3n) is 3.33. The highest BCUT2D eigenvalue weighted by Crippen LogP contribution is 2.13. The molecule has 0 saturated carbocycles. The monoisotopic (exact) mass is 254 g/mol. The zero-order valence-corrected chi connectivity index (χ0v) is 11.5. The van der Waals surface area contributed by atoms with Crippen LogP contribution in [0.25, 0.3) is 0 Å². The fourth-order valence-corrected chi connectivity index (χ4v) is 2.13. The molecule has 0 aliphatic carbocycles. The van der Waals surface area contributed by atoms with Crippen molar-refractivity contribution in [2.75, 3.05) is 17.6 Å². The van der Waals surface area contributed by atoms with Gasteiger partial charge in [0.05, 0.1) is 0 Å². The smallest absolute Gasteiger partial charge is 0.0369 e. The lowest BCUT2D eigenvalue weighted by molar-refractivity contribution is 0.763. The molecule has 19 heavy (non-hydrogen) atoms. The lowest BCUT2D eigenvalue weighted by Crippen LogP contribution is -2.03. The van der Waals surface area contributed by atoms with E-state index in [9.17, 15) is 0 Å². The van der Waals surface area contributed by atoms with E-state index in [1.54, 1.807) is 0 Å². The number of rotatable bonds is 6. The normalized spacial score (nSPS) is 10.4. The van der Waals surface area contributed by atoms with Gasteiger partial charge in [-0.15, -0.1) is 0 Å². The van der Waals surface area contributed by atoms with Gasteiger partial charge in [-0.25, -0.2) is 0 Å². The number of hydrogen-bond donors (Lipinski definition) is 2. The van der Waals surface area contributed by atoms with Gasteiger partial charge in [0.1, 0.15) is 0 Å². The van der Waals surface area contributed by atoms with Crippen LogP contribution >= 0.6 is 0 Å². The molecular weight excluding hydrogens is 232 g/mol. The fourth-order valence-electron chi connectivity index (χ4n) is 2.13. The van der Waals surface area contributed by atoms with Crippen molar-refractivity contribution in [3.05, 3.63) is 59.7 Å². The summed E-state index contributed by atoms with van der Waals surface area (Å²) in [4.78, 5) is 0. The first-order chi connectivity index (χ1) is 9.25. The molecule has 0 spiro atoms. The van der Waals surface area contributed by atoms with E-state index in [0.717, 1.165) is 18.7 Å². The predicted molar refractivity (Wildman–Crippen MR) is 83.5 cm³/mol. The van der Waals surface area contributed by atoms with Crippen LogP contribution in [0.4, 0.5) is 11.4 Å². The molecule has 2 nitrogen and oxygen atoms in total. The minimum atomic E-state index is 0.838. The summed E-state index contributed by atoms with van der Waals surface area (Å²) in [7, 11) is 0. The third kappa shape index (κ3) is 4.32. The number of benzene rings is 2. The molecule has 0 heterocycles. The Balaban J connectivity index is 1.67. The van der Waals surface area contributed by atoms with Crippen LogP contribution in [-0.4, -0.2) is 6.54 Å². The topological polar surface area (TPSA) is 38.0 Å². The van der Waals surface area contributed by atoms with Crippen LogP contribution in [0.1, 0.15) is 24.0 Å². The molecule has 0 saturated heterocycles. The number of hydrogen-bond acceptors (Lipinski definition) is 2. The maximum atomic E-state index is 5.67. The second-order valence-corrected chi connectivity index (χ2v) is 4.94. The van der Waals surface area contributed by atoms with Gasteiger partial charge in [-0.05, 0) is 55.5 Å². The van der Waals surface area contributed by atoms with Gasteiger partial charge in [0.25, 0.3) is 0 Å². The van der Waals surface area contributed by atoms with Gasteiger partial charge < -0.3 is 11.1 Å². The van der Waals surface area contributed by atoms with Gasteiger partial charge in [0.15, 0.2) is 0 Å². The molecule has 0 unspecified atom stereocenters. The van der Waals surface area contributed by atoms with Crippen molar-refractivity contribution in [3.63, 3.8) is 0 Å². The molecule has 0 aliphatic rings. The Morgan fingerprint density at radius 2 is 1.68 bits per heavy atom. The molecule has 2 heteroatoms. The zero-order valence-electron chi connectivity index (χ0n) is 11.5. The highest BCUT2D eigenvalue weighted by molar-refractivity contribution is 5.50. The van der Waals surface area contributed by atoms with Crippen molar-refractivity contribution in [2.24, 2.45) is 0 Å². The molecular formula is C17H22N2. The first kappa shape index (κ1) is 13.5.